The molecule has 2 amide bonds. The zero-order valence-electron chi connectivity index (χ0n) is 10.7. The van der Waals surface area contributed by atoms with Gasteiger partial charge in [0.05, 0.1) is 6.04 Å². The molecule has 17 heavy (non-hydrogen) atoms. The molecule has 1 aliphatic rings. The quantitative estimate of drug-likeness (QED) is 0.655. The van der Waals surface area contributed by atoms with Crippen LogP contribution in [-0.2, 0) is 9.59 Å². The monoisotopic (exact) mass is 241 g/mol. The summed E-state index contributed by atoms with van der Waals surface area (Å²) in [7, 11) is 0. The second kappa shape index (κ2) is 6.59. The van der Waals surface area contributed by atoms with Crippen LogP contribution in [0.25, 0.3) is 0 Å². The van der Waals surface area contributed by atoms with Crippen LogP contribution in [0.4, 0.5) is 0 Å². The molecule has 0 bridgehead atoms. The van der Waals surface area contributed by atoms with Crippen molar-refractivity contribution in [3.8, 4) is 0 Å². The first-order chi connectivity index (χ1) is 8.00. The summed E-state index contributed by atoms with van der Waals surface area (Å²) in [5, 5.41) is 5.52. The minimum Gasteiger partial charge on any atom is -0.354 e. The van der Waals surface area contributed by atoms with E-state index in [1.54, 1.807) is 0 Å². The van der Waals surface area contributed by atoms with Gasteiger partial charge in [-0.2, -0.15) is 0 Å². The van der Waals surface area contributed by atoms with E-state index in [1.165, 1.54) is 0 Å². The maximum Gasteiger partial charge on any atom is 0.242 e. The van der Waals surface area contributed by atoms with Crippen molar-refractivity contribution >= 4 is 11.8 Å². The Morgan fingerprint density at radius 1 is 1.53 bits per heavy atom. The smallest absolute Gasteiger partial charge is 0.242 e. The number of rotatable bonds is 4. The van der Waals surface area contributed by atoms with E-state index in [-0.39, 0.29) is 11.8 Å². The summed E-state index contributed by atoms with van der Waals surface area (Å²) < 4.78 is 0. The van der Waals surface area contributed by atoms with Crippen LogP contribution in [0, 0.1) is 5.92 Å². The molecule has 2 atom stereocenters. The van der Waals surface area contributed by atoms with E-state index >= 15 is 0 Å². The van der Waals surface area contributed by atoms with Crippen LogP contribution in [0.15, 0.2) is 0 Å². The highest BCUT2D eigenvalue weighted by molar-refractivity contribution is 5.89. The van der Waals surface area contributed by atoms with Crippen LogP contribution >= 0.6 is 0 Å². The van der Waals surface area contributed by atoms with Gasteiger partial charge in [0, 0.05) is 6.54 Å². The Kier molecular flexibility index (Phi) is 5.41. The lowest BCUT2D eigenvalue weighted by Crippen LogP contribution is -2.51. The topological polar surface area (TPSA) is 84.2 Å². The Morgan fingerprint density at radius 3 is 2.88 bits per heavy atom. The molecular weight excluding hydrogens is 218 g/mol. The van der Waals surface area contributed by atoms with Gasteiger partial charge in [-0.15, -0.1) is 0 Å². The molecule has 1 rings (SSSR count). The number of nitrogens with one attached hydrogen (secondary N) is 2. The predicted octanol–water partition coefficient (Wildman–Crippen LogP) is 0.145. The van der Waals surface area contributed by atoms with Gasteiger partial charge in [-0.05, 0) is 31.6 Å². The first kappa shape index (κ1) is 14.0. The molecule has 0 radical (unpaired) electrons. The second-order valence-electron chi connectivity index (χ2n) is 5.08. The largest absolute Gasteiger partial charge is 0.354 e. The van der Waals surface area contributed by atoms with Crippen LogP contribution in [0.2, 0.25) is 0 Å². The van der Waals surface area contributed by atoms with Gasteiger partial charge >= 0.3 is 0 Å². The Hall–Kier alpha value is -1.10. The third-order valence-electron chi connectivity index (χ3n) is 2.91. The van der Waals surface area contributed by atoms with Crippen LogP contribution in [0.1, 0.15) is 39.5 Å². The molecule has 0 aromatic carbocycles. The summed E-state index contributed by atoms with van der Waals surface area (Å²) >= 11 is 0. The lowest BCUT2D eigenvalue weighted by atomic mass is 10.0. The molecule has 1 fully saturated rings. The average molecular weight is 241 g/mol. The Morgan fingerprint density at radius 2 is 2.24 bits per heavy atom. The average Bonchev–Trinajstić information content (AvgIpc) is 2.43. The zero-order valence-corrected chi connectivity index (χ0v) is 10.7. The molecule has 5 nitrogen and oxygen atoms in total. The van der Waals surface area contributed by atoms with Gasteiger partial charge in [-0.25, -0.2) is 0 Å². The third-order valence-corrected chi connectivity index (χ3v) is 2.91. The molecule has 2 unspecified atom stereocenters. The summed E-state index contributed by atoms with van der Waals surface area (Å²) in [6, 6.07) is -0.936. The molecular formula is C12H23N3O2. The van der Waals surface area contributed by atoms with Crippen molar-refractivity contribution in [3.63, 3.8) is 0 Å². The maximum atomic E-state index is 11.8. The summed E-state index contributed by atoms with van der Waals surface area (Å²) in [4.78, 5) is 23.4. The van der Waals surface area contributed by atoms with E-state index in [0.29, 0.717) is 25.3 Å². The minimum atomic E-state index is -0.522. The van der Waals surface area contributed by atoms with Gasteiger partial charge in [0.15, 0.2) is 0 Å². The molecule has 0 spiro atoms. The van der Waals surface area contributed by atoms with Crippen molar-refractivity contribution in [1.29, 1.82) is 0 Å². The van der Waals surface area contributed by atoms with Crippen molar-refractivity contribution in [3.05, 3.63) is 0 Å². The molecule has 0 aromatic rings. The molecule has 98 valence electrons. The first-order valence-corrected chi connectivity index (χ1v) is 6.34. The fourth-order valence-electron chi connectivity index (χ4n) is 1.97. The number of hydrogen-bond donors (Lipinski definition) is 3. The number of nitrogens with two attached hydrogens (primary N) is 1. The highest BCUT2D eigenvalue weighted by Crippen LogP contribution is 2.07. The lowest BCUT2D eigenvalue weighted by molar-refractivity contribution is -0.129. The minimum absolute atomic E-state index is 0.0902. The molecule has 1 heterocycles. The second-order valence-corrected chi connectivity index (χ2v) is 5.08. The molecule has 0 saturated carbocycles. The summed E-state index contributed by atoms with van der Waals surface area (Å²) in [6.45, 7) is 4.74. The number of hydrogen-bond acceptors (Lipinski definition) is 3. The normalized spacial score (nSPS) is 22.8. The third kappa shape index (κ3) is 4.73. The van der Waals surface area contributed by atoms with Gasteiger partial charge in [-0.3, -0.25) is 9.59 Å². The SMILES string of the molecule is CC(C)CC(N)C(=O)NC1CCCCNC1=O. The first-order valence-electron chi connectivity index (χ1n) is 6.34. The van der Waals surface area contributed by atoms with Crippen molar-refractivity contribution in [2.24, 2.45) is 11.7 Å². The van der Waals surface area contributed by atoms with Crippen molar-refractivity contribution < 1.29 is 9.59 Å². The van der Waals surface area contributed by atoms with Gasteiger partial charge in [0.1, 0.15) is 6.04 Å². The summed E-state index contributed by atoms with van der Waals surface area (Å²) in [5.41, 5.74) is 5.78. The van der Waals surface area contributed by atoms with E-state index in [1.807, 2.05) is 13.8 Å². The van der Waals surface area contributed by atoms with Gasteiger partial charge in [-0.1, -0.05) is 13.8 Å². The maximum absolute atomic E-state index is 11.8. The van der Waals surface area contributed by atoms with E-state index in [9.17, 15) is 9.59 Å². The van der Waals surface area contributed by atoms with Gasteiger partial charge in [0.25, 0.3) is 0 Å². The lowest BCUT2D eigenvalue weighted by Gasteiger charge is -2.19. The van der Waals surface area contributed by atoms with Crippen molar-refractivity contribution in [1.82, 2.24) is 10.6 Å². The van der Waals surface area contributed by atoms with Crippen molar-refractivity contribution in [2.75, 3.05) is 6.54 Å². The molecule has 0 aromatic heterocycles. The highest BCUT2D eigenvalue weighted by atomic mass is 16.2. The molecule has 4 N–H and O–H groups in total. The fraction of sp³-hybridized carbons (Fsp3) is 0.833. The molecule has 5 heteroatoms. The summed E-state index contributed by atoms with van der Waals surface area (Å²) in [6.07, 6.45) is 3.26. The van der Waals surface area contributed by atoms with Crippen LogP contribution < -0.4 is 16.4 Å². The Labute approximate surface area is 103 Å². The predicted molar refractivity (Wildman–Crippen MR) is 66.2 cm³/mol. The van der Waals surface area contributed by atoms with Crippen molar-refractivity contribution in [2.45, 2.75) is 51.6 Å². The number of amides is 2. The van der Waals surface area contributed by atoms with Crippen LogP contribution in [-0.4, -0.2) is 30.4 Å². The summed E-state index contributed by atoms with van der Waals surface area (Å²) in [5.74, 6) is 0.0621. The van der Waals surface area contributed by atoms with Crippen LogP contribution in [0.3, 0.4) is 0 Å². The number of carbonyl (C=O) groups excluding carboxylic acids is 2. The van der Waals surface area contributed by atoms with Crippen LogP contribution in [0.5, 0.6) is 0 Å². The Bertz CT molecular complexity index is 279. The zero-order chi connectivity index (χ0) is 12.8. The van der Waals surface area contributed by atoms with E-state index in [0.717, 1.165) is 12.8 Å². The van der Waals surface area contributed by atoms with E-state index in [2.05, 4.69) is 10.6 Å². The van der Waals surface area contributed by atoms with E-state index in [4.69, 9.17) is 5.73 Å². The Balaban J connectivity index is 2.45. The number of carbonyl (C=O) groups is 2. The molecule has 0 aliphatic carbocycles. The van der Waals surface area contributed by atoms with Gasteiger partial charge in [0.2, 0.25) is 11.8 Å². The van der Waals surface area contributed by atoms with E-state index < -0.39 is 12.1 Å². The highest BCUT2D eigenvalue weighted by Gasteiger charge is 2.24. The fourth-order valence-corrected chi connectivity index (χ4v) is 1.97. The van der Waals surface area contributed by atoms with Gasteiger partial charge < -0.3 is 16.4 Å². The molecule has 1 aliphatic heterocycles. The standard InChI is InChI=1S/C12H23N3O2/c1-8(2)7-9(13)11(16)15-10-5-3-4-6-14-12(10)17/h8-10H,3-7,13H2,1-2H3,(H,14,17)(H,15,16). The molecule has 1 saturated heterocycles.